The normalized spacial score (nSPS) is 13.2. The molecule has 11 heteroatoms. The number of nitrogens with two attached hydrogens (primary N) is 1. The standard InChI is InChI=1S/C16H16F3N3O4S/c1-10(11-2-4-12(5-3-11)16(17,18)19)9-21-14-7-6-13(27(20,25)26)8-15(14)22(23)24/h2-8,10,21H,9H2,1H3,(H2,20,25,26). The highest BCUT2D eigenvalue weighted by Gasteiger charge is 2.30. The maximum atomic E-state index is 12.6. The summed E-state index contributed by atoms with van der Waals surface area (Å²) in [5.41, 5.74) is -0.549. The van der Waals surface area contributed by atoms with Crippen LogP contribution in [0, 0.1) is 10.1 Å². The van der Waals surface area contributed by atoms with Gasteiger partial charge < -0.3 is 5.32 Å². The predicted molar refractivity (Wildman–Crippen MR) is 92.8 cm³/mol. The van der Waals surface area contributed by atoms with Crippen molar-refractivity contribution in [1.29, 1.82) is 0 Å². The van der Waals surface area contributed by atoms with Gasteiger partial charge in [0.15, 0.2) is 0 Å². The van der Waals surface area contributed by atoms with Crippen LogP contribution in [-0.4, -0.2) is 19.9 Å². The average molecular weight is 403 g/mol. The zero-order valence-electron chi connectivity index (χ0n) is 14.0. The van der Waals surface area contributed by atoms with Crippen LogP contribution in [0.25, 0.3) is 0 Å². The molecule has 3 N–H and O–H groups in total. The number of anilines is 1. The quantitative estimate of drug-likeness (QED) is 0.566. The highest BCUT2D eigenvalue weighted by molar-refractivity contribution is 7.89. The molecule has 0 bridgehead atoms. The Bertz CT molecular complexity index is 944. The molecule has 0 aliphatic carbocycles. The van der Waals surface area contributed by atoms with Gasteiger partial charge in [0.25, 0.3) is 5.69 Å². The monoisotopic (exact) mass is 403 g/mol. The molecule has 2 rings (SSSR count). The van der Waals surface area contributed by atoms with Crippen molar-refractivity contribution in [2.45, 2.75) is 23.9 Å². The van der Waals surface area contributed by atoms with Gasteiger partial charge in [-0.2, -0.15) is 13.2 Å². The van der Waals surface area contributed by atoms with Gasteiger partial charge in [-0.25, -0.2) is 13.6 Å². The van der Waals surface area contributed by atoms with Crippen LogP contribution in [0.15, 0.2) is 47.4 Å². The number of benzene rings is 2. The molecule has 7 nitrogen and oxygen atoms in total. The van der Waals surface area contributed by atoms with Crippen molar-refractivity contribution in [2.24, 2.45) is 5.14 Å². The maximum absolute atomic E-state index is 12.6. The van der Waals surface area contributed by atoms with Gasteiger partial charge in [-0.05, 0) is 35.7 Å². The number of hydrogen-bond donors (Lipinski definition) is 2. The topological polar surface area (TPSA) is 115 Å². The number of hydrogen-bond acceptors (Lipinski definition) is 5. The van der Waals surface area contributed by atoms with Gasteiger partial charge in [-0.15, -0.1) is 0 Å². The molecular weight excluding hydrogens is 387 g/mol. The van der Waals surface area contributed by atoms with Gasteiger partial charge in [0, 0.05) is 12.6 Å². The van der Waals surface area contributed by atoms with Gasteiger partial charge in [0.1, 0.15) is 5.69 Å². The molecule has 0 aliphatic rings. The first-order valence-corrected chi connectivity index (χ1v) is 9.16. The van der Waals surface area contributed by atoms with E-state index < -0.39 is 37.3 Å². The summed E-state index contributed by atoms with van der Waals surface area (Å²) in [7, 11) is -4.09. The molecule has 146 valence electrons. The molecule has 0 aromatic heterocycles. The fraction of sp³-hybridized carbons (Fsp3) is 0.250. The molecule has 0 aliphatic heterocycles. The zero-order chi connectivity index (χ0) is 20.4. The molecule has 27 heavy (non-hydrogen) atoms. The minimum absolute atomic E-state index is 0.0751. The first-order valence-electron chi connectivity index (χ1n) is 7.62. The van der Waals surface area contributed by atoms with Crippen molar-refractivity contribution in [3.63, 3.8) is 0 Å². The molecule has 0 radical (unpaired) electrons. The number of alkyl halides is 3. The molecule has 2 aromatic carbocycles. The lowest BCUT2D eigenvalue weighted by atomic mass is 9.99. The lowest BCUT2D eigenvalue weighted by Crippen LogP contribution is -2.14. The van der Waals surface area contributed by atoms with Crippen molar-refractivity contribution in [2.75, 3.05) is 11.9 Å². The highest BCUT2D eigenvalue weighted by atomic mass is 32.2. The molecule has 0 heterocycles. The zero-order valence-corrected chi connectivity index (χ0v) is 14.8. The summed E-state index contributed by atoms with van der Waals surface area (Å²) < 4.78 is 60.4. The third-order valence-corrected chi connectivity index (χ3v) is 4.81. The minimum atomic E-state index is -4.42. The van der Waals surface area contributed by atoms with Gasteiger partial charge in [-0.1, -0.05) is 19.1 Å². The van der Waals surface area contributed by atoms with Gasteiger partial charge in [0.05, 0.1) is 15.4 Å². The highest BCUT2D eigenvalue weighted by Crippen LogP contribution is 2.31. The van der Waals surface area contributed by atoms with Crippen molar-refractivity contribution in [3.8, 4) is 0 Å². The fourth-order valence-corrected chi connectivity index (χ4v) is 2.90. The van der Waals surface area contributed by atoms with E-state index >= 15 is 0 Å². The SMILES string of the molecule is CC(CNc1ccc(S(N)(=O)=O)cc1[N+](=O)[O-])c1ccc(C(F)(F)F)cc1. The first-order chi connectivity index (χ1) is 12.4. The second-order valence-electron chi connectivity index (χ2n) is 5.88. The molecule has 0 spiro atoms. The van der Waals surface area contributed by atoms with Crippen molar-refractivity contribution in [1.82, 2.24) is 0 Å². The van der Waals surface area contributed by atoms with Crippen LogP contribution in [0.1, 0.15) is 24.0 Å². The Labute approximate surface area is 153 Å². The first kappa shape index (κ1) is 20.6. The van der Waals surface area contributed by atoms with E-state index in [9.17, 15) is 31.7 Å². The Morgan fingerprint density at radius 1 is 1.19 bits per heavy atom. The summed E-state index contributed by atoms with van der Waals surface area (Å²) in [6, 6.07) is 7.82. The molecule has 0 fully saturated rings. The van der Waals surface area contributed by atoms with Gasteiger partial charge >= 0.3 is 6.18 Å². The molecular formula is C16H16F3N3O4S. The molecule has 1 atom stereocenters. The van der Waals surface area contributed by atoms with Crippen LogP contribution in [0.3, 0.4) is 0 Å². The second kappa shape index (κ2) is 7.53. The van der Waals surface area contributed by atoms with Crippen molar-refractivity contribution < 1.29 is 26.5 Å². The van der Waals surface area contributed by atoms with E-state index in [1.165, 1.54) is 18.2 Å². The predicted octanol–water partition coefficient (Wildman–Crippen LogP) is 3.48. The summed E-state index contributed by atoms with van der Waals surface area (Å²) >= 11 is 0. The van der Waals surface area contributed by atoms with Crippen molar-refractivity contribution in [3.05, 3.63) is 63.7 Å². The lowest BCUT2D eigenvalue weighted by Gasteiger charge is -2.15. The van der Waals surface area contributed by atoms with Crippen LogP contribution in [0.2, 0.25) is 0 Å². The van der Waals surface area contributed by atoms with Crippen LogP contribution >= 0.6 is 0 Å². The maximum Gasteiger partial charge on any atom is 0.416 e. The third-order valence-electron chi connectivity index (χ3n) is 3.90. The second-order valence-corrected chi connectivity index (χ2v) is 7.44. The Morgan fingerprint density at radius 2 is 1.78 bits per heavy atom. The van der Waals surface area contributed by atoms with E-state index in [0.717, 1.165) is 24.3 Å². The fourth-order valence-electron chi connectivity index (χ4n) is 2.37. The van der Waals surface area contributed by atoms with Crippen LogP contribution in [0.4, 0.5) is 24.5 Å². The summed E-state index contributed by atoms with van der Waals surface area (Å²) in [5.74, 6) is -0.259. The summed E-state index contributed by atoms with van der Waals surface area (Å²) in [5, 5.41) is 19.0. The number of nitrogens with zero attached hydrogens (tertiary/aromatic N) is 1. The van der Waals surface area contributed by atoms with Crippen LogP contribution < -0.4 is 10.5 Å². The Hall–Kier alpha value is -2.66. The van der Waals surface area contributed by atoms with E-state index in [2.05, 4.69) is 5.32 Å². The third kappa shape index (κ3) is 5.17. The van der Waals surface area contributed by atoms with E-state index in [4.69, 9.17) is 5.14 Å². The summed E-state index contributed by atoms with van der Waals surface area (Å²) in [6.45, 7) is 1.92. The number of sulfonamides is 1. The Morgan fingerprint density at radius 3 is 2.26 bits per heavy atom. The van der Waals surface area contributed by atoms with Gasteiger partial charge in [-0.3, -0.25) is 10.1 Å². The lowest BCUT2D eigenvalue weighted by molar-refractivity contribution is -0.384. The van der Waals surface area contributed by atoms with E-state index in [1.54, 1.807) is 6.92 Å². The number of nitro benzene ring substituents is 1. The smallest absolute Gasteiger partial charge is 0.379 e. The van der Waals surface area contributed by atoms with E-state index in [1.807, 2.05) is 0 Å². The molecule has 0 amide bonds. The molecule has 0 saturated heterocycles. The molecule has 2 aromatic rings. The Balaban J connectivity index is 2.17. The summed E-state index contributed by atoms with van der Waals surface area (Å²) in [4.78, 5) is 10.0. The average Bonchev–Trinajstić information content (AvgIpc) is 2.58. The number of nitro groups is 1. The van der Waals surface area contributed by atoms with Crippen LogP contribution in [0.5, 0.6) is 0 Å². The van der Waals surface area contributed by atoms with Crippen molar-refractivity contribution >= 4 is 21.4 Å². The number of nitrogens with one attached hydrogen (secondary N) is 1. The Kier molecular flexibility index (Phi) is 5.76. The molecule has 1 unspecified atom stereocenters. The molecule has 0 saturated carbocycles. The van der Waals surface area contributed by atoms with E-state index in [-0.39, 0.29) is 18.2 Å². The summed E-state index contributed by atoms with van der Waals surface area (Å²) in [6.07, 6.45) is -4.42. The number of halogens is 3. The number of primary sulfonamides is 1. The van der Waals surface area contributed by atoms with E-state index in [0.29, 0.717) is 5.56 Å². The number of rotatable bonds is 6. The van der Waals surface area contributed by atoms with Crippen LogP contribution in [-0.2, 0) is 16.2 Å². The minimum Gasteiger partial charge on any atom is -0.379 e. The largest absolute Gasteiger partial charge is 0.416 e. The van der Waals surface area contributed by atoms with Gasteiger partial charge in [0.2, 0.25) is 10.0 Å².